The third kappa shape index (κ3) is 1.81. The van der Waals surface area contributed by atoms with E-state index in [-0.39, 0.29) is 0 Å². The molecule has 2 heterocycles. The average Bonchev–Trinajstić information content (AvgIpc) is 2.56. The Hall–Kier alpha value is -1.45. The van der Waals surface area contributed by atoms with Crippen LogP contribution in [-0.4, -0.2) is 9.55 Å². The Morgan fingerprint density at radius 2 is 1.88 bits per heavy atom. The first kappa shape index (κ1) is 10.7. The predicted octanol–water partition coefficient (Wildman–Crippen LogP) is 3.43. The summed E-state index contributed by atoms with van der Waals surface area (Å²) >= 11 is 0. The molecule has 1 aromatic heterocycles. The molecule has 0 fully saturated rings. The first-order chi connectivity index (χ1) is 8.25. The van der Waals surface area contributed by atoms with E-state index in [9.17, 15) is 8.78 Å². The lowest BCUT2D eigenvalue weighted by Crippen LogP contribution is -2.07. The Morgan fingerprint density at radius 3 is 2.76 bits per heavy atom. The molecule has 0 radical (unpaired) electrons. The molecule has 0 spiro atoms. The second kappa shape index (κ2) is 4.09. The van der Waals surface area contributed by atoms with Gasteiger partial charge in [-0.3, -0.25) is 0 Å². The van der Waals surface area contributed by atoms with Crippen LogP contribution < -0.4 is 0 Å². The summed E-state index contributed by atoms with van der Waals surface area (Å²) in [4.78, 5) is 4.32. The van der Waals surface area contributed by atoms with Crippen molar-refractivity contribution in [1.29, 1.82) is 0 Å². The standard InChI is InChI=1S/C13H14F2N2/c14-9-7-10(15)13-11(8-9)17-6-4-2-1-3-5-12(17)16-13/h7-8H,1-6H2. The monoisotopic (exact) mass is 236 g/mol. The second-order valence-electron chi connectivity index (χ2n) is 4.60. The van der Waals surface area contributed by atoms with Gasteiger partial charge in [0.1, 0.15) is 17.2 Å². The maximum atomic E-state index is 13.6. The lowest BCUT2D eigenvalue weighted by atomic mass is 10.1. The normalized spacial score (nSPS) is 16.6. The minimum atomic E-state index is -0.556. The fraction of sp³-hybridized carbons (Fsp3) is 0.462. The van der Waals surface area contributed by atoms with Crippen molar-refractivity contribution in [3.8, 4) is 0 Å². The lowest BCUT2D eigenvalue weighted by Gasteiger charge is -2.12. The maximum absolute atomic E-state index is 13.6. The van der Waals surface area contributed by atoms with Gasteiger partial charge in [-0.15, -0.1) is 0 Å². The molecular formula is C13H14F2N2. The highest BCUT2D eigenvalue weighted by molar-refractivity contribution is 5.76. The Bertz CT molecular complexity index is 560. The van der Waals surface area contributed by atoms with E-state index < -0.39 is 11.6 Å². The number of aromatic nitrogens is 2. The Morgan fingerprint density at radius 1 is 1.06 bits per heavy atom. The van der Waals surface area contributed by atoms with Crippen LogP contribution >= 0.6 is 0 Å². The molecule has 1 aromatic carbocycles. The fourth-order valence-electron chi connectivity index (χ4n) is 2.54. The molecule has 2 aromatic rings. The van der Waals surface area contributed by atoms with Crippen LogP contribution in [0.15, 0.2) is 12.1 Å². The van der Waals surface area contributed by atoms with Gasteiger partial charge < -0.3 is 4.57 Å². The summed E-state index contributed by atoms with van der Waals surface area (Å²) in [7, 11) is 0. The molecule has 0 bridgehead atoms. The molecule has 0 saturated heterocycles. The van der Waals surface area contributed by atoms with Gasteiger partial charge in [0.2, 0.25) is 0 Å². The summed E-state index contributed by atoms with van der Waals surface area (Å²) in [5, 5.41) is 0. The highest BCUT2D eigenvalue weighted by atomic mass is 19.1. The van der Waals surface area contributed by atoms with Crippen molar-refractivity contribution in [1.82, 2.24) is 9.55 Å². The van der Waals surface area contributed by atoms with Gasteiger partial charge in [-0.25, -0.2) is 13.8 Å². The smallest absolute Gasteiger partial charge is 0.153 e. The largest absolute Gasteiger partial charge is 0.328 e. The fourth-order valence-corrected chi connectivity index (χ4v) is 2.54. The van der Waals surface area contributed by atoms with Gasteiger partial charge in [0.25, 0.3) is 0 Å². The first-order valence-corrected chi connectivity index (χ1v) is 6.10. The number of hydrogen-bond donors (Lipinski definition) is 0. The van der Waals surface area contributed by atoms with Crippen molar-refractivity contribution >= 4 is 11.0 Å². The molecule has 1 aliphatic heterocycles. The Labute approximate surface area is 98.3 Å². The number of fused-ring (bicyclic) bond motifs is 3. The van der Waals surface area contributed by atoms with Gasteiger partial charge in [0.15, 0.2) is 5.82 Å². The van der Waals surface area contributed by atoms with Crippen LogP contribution in [0.1, 0.15) is 31.5 Å². The van der Waals surface area contributed by atoms with Gasteiger partial charge in [-0.1, -0.05) is 12.8 Å². The number of aryl methyl sites for hydroxylation is 2. The van der Waals surface area contributed by atoms with E-state index in [1.54, 1.807) is 0 Å². The zero-order valence-corrected chi connectivity index (χ0v) is 9.55. The van der Waals surface area contributed by atoms with E-state index >= 15 is 0 Å². The zero-order valence-electron chi connectivity index (χ0n) is 9.55. The highest BCUT2D eigenvalue weighted by Crippen LogP contribution is 2.24. The van der Waals surface area contributed by atoms with Gasteiger partial charge in [-0.2, -0.15) is 0 Å². The summed E-state index contributed by atoms with van der Waals surface area (Å²) in [5.41, 5.74) is 0.905. The molecule has 0 saturated carbocycles. The van der Waals surface area contributed by atoms with Crippen LogP contribution in [0.2, 0.25) is 0 Å². The van der Waals surface area contributed by atoms with Crippen LogP contribution in [0.4, 0.5) is 8.78 Å². The molecule has 0 atom stereocenters. The molecule has 3 rings (SSSR count). The molecule has 4 heteroatoms. The van der Waals surface area contributed by atoms with Crippen LogP contribution in [0.3, 0.4) is 0 Å². The number of benzene rings is 1. The lowest BCUT2D eigenvalue weighted by molar-refractivity contribution is 0.523. The minimum Gasteiger partial charge on any atom is -0.328 e. The number of rotatable bonds is 0. The van der Waals surface area contributed by atoms with E-state index in [2.05, 4.69) is 4.98 Å². The Kier molecular flexibility index (Phi) is 2.57. The van der Waals surface area contributed by atoms with Crippen molar-refractivity contribution in [3.63, 3.8) is 0 Å². The van der Waals surface area contributed by atoms with Crippen LogP contribution in [-0.2, 0) is 13.0 Å². The van der Waals surface area contributed by atoms with Crippen LogP contribution in [0.25, 0.3) is 11.0 Å². The van der Waals surface area contributed by atoms with Crippen molar-refractivity contribution in [2.45, 2.75) is 38.6 Å². The van der Waals surface area contributed by atoms with Crippen molar-refractivity contribution in [2.24, 2.45) is 0 Å². The maximum Gasteiger partial charge on any atom is 0.153 e. The van der Waals surface area contributed by atoms with Crippen molar-refractivity contribution < 1.29 is 8.78 Å². The number of imidazole rings is 1. The molecule has 90 valence electrons. The van der Waals surface area contributed by atoms with Gasteiger partial charge in [0.05, 0.1) is 5.52 Å². The summed E-state index contributed by atoms with van der Waals surface area (Å²) in [6.07, 6.45) is 5.36. The van der Waals surface area contributed by atoms with E-state index in [0.29, 0.717) is 11.0 Å². The van der Waals surface area contributed by atoms with E-state index in [1.165, 1.54) is 18.9 Å². The van der Waals surface area contributed by atoms with Crippen LogP contribution in [0, 0.1) is 11.6 Å². The van der Waals surface area contributed by atoms with E-state index in [4.69, 9.17) is 0 Å². The summed E-state index contributed by atoms with van der Waals surface area (Å²) in [6, 6.07) is 2.29. The quantitative estimate of drug-likeness (QED) is 0.685. The Balaban J connectivity index is 2.22. The molecule has 0 unspecified atom stereocenters. The van der Waals surface area contributed by atoms with Gasteiger partial charge in [-0.05, 0) is 18.9 Å². The van der Waals surface area contributed by atoms with Gasteiger partial charge in [0, 0.05) is 19.0 Å². The number of hydrogen-bond acceptors (Lipinski definition) is 1. The average molecular weight is 236 g/mol. The third-order valence-electron chi connectivity index (χ3n) is 3.38. The molecule has 2 nitrogen and oxygen atoms in total. The SMILES string of the molecule is Fc1cc(F)c2nc3n(c2c1)CCCCCC3. The zero-order chi connectivity index (χ0) is 11.8. The summed E-state index contributed by atoms with van der Waals surface area (Å²) in [6.45, 7) is 0.814. The van der Waals surface area contributed by atoms with E-state index in [1.807, 2.05) is 4.57 Å². The first-order valence-electron chi connectivity index (χ1n) is 6.10. The summed E-state index contributed by atoms with van der Waals surface area (Å²) in [5.74, 6) is -0.191. The number of halogens is 2. The highest BCUT2D eigenvalue weighted by Gasteiger charge is 2.16. The predicted molar refractivity (Wildman–Crippen MR) is 61.8 cm³/mol. The number of nitrogens with zero attached hydrogens (tertiary/aromatic N) is 2. The minimum absolute atomic E-state index is 0.309. The van der Waals surface area contributed by atoms with E-state index in [0.717, 1.165) is 37.7 Å². The second-order valence-corrected chi connectivity index (χ2v) is 4.60. The third-order valence-corrected chi connectivity index (χ3v) is 3.38. The molecular weight excluding hydrogens is 222 g/mol. The van der Waals surface area contributed by atoms with Crippen LogP contribution in [0.5, 0.6) is 0 Å². The molecule has 0 N–H and O–H groups in total. The molecule has 1 aliphatic rings. The summed E-state index contributed by atoms with van der Waals surface area (Å²) < 4.78 is 28.8. The van der Waals surface area contributed by atoms with Gasteiger partial charge >= 0.3 is 0 Å². The molecule has 0 aliphatic carbocycles. The molecule has 0 amide bonds. The van der Waals surface area contributed by atoms with Crippen molar-refractivity contribution in [3.05, 3.63) is 29.6 Å². The molecule has 17 heavy (non-hydrogen) atoms. The topological polar surface area (TPSA) is 17.8 Å². The van der Waals surface area contributed by atoms with Crippen molar-refractivity contribution in [2.75, 3.05) is 0 Å².